The quantitative estimate of drug-likeness (QED) is 0.744. The lowest BCUT2D eigenvalue weighted by Gasteiger charge is -2.16. The van der Waals surface area contributed by atoms with E-state index in [2.05, 4.69) is 17.2 Å². The van der Waals surface area contributed by atoms with E-state index in [1.807, 2.05) is 44.2 Å². The standard InChI is InChI=1S/C13H18N2O/c1-4-10(2)14-11(3)13(16)15-12-8-6-5-7-9-12/h4-11,14H,1H2,2-3H3,(H,15,16). The fourth-order valence-corrected chi connectivity index (χ4v) is 1.31. The highest BCUT2D eigenvalue weighted by Gasteiger charge is 2.13. The summed E-state index contributed by atoms with van der Waals surface area (Å²) in [5.74, 6) is -0.0418. The van der Waals surface area contributed by atoms with Crippen LogP contribution in [0, 0.1) is 0 Å². The molecule has 0 aliphatic carbocycles. The minimum Gasteiger partial charge on any atom is -0.325 e. The van der Waals surface area contributed by atoms with Gasteiger partial charge in [-0.15, -0.1) is 6.58 Å². The first kappa shape index (κ1) is 12.5. The maximum atomic E-state index is 11.8. The van der Waals surface area contributed by atoms with Gasteiger partial charge in [0.05, 0.1) is 6.04 Å². The summed E-state index contributed by atoms with van der Waals surface area (Å²) >= 11 is 0. The molecule has 2 N–H and O–H groups in total. The molecule has 1 aromatic rings. The number of hydrogen-bond donors (Lipinski definition) is 2. The van der Waals surface area contributed by atoms with Crippen LogP contribution < -0.4 is 10.6 Å². The number of nitrogens with one attached hydrogen (secondary N) is 2. The number of amides is 1. The molecule has 0 saturated carbocycles. The Kier molecular flexibility index (Phi) is 4.73. The molecule has 1 aromatic carbocycles. The van der Waals surface area contributed by atoms with Crippen molar-refractivity contribution in [3.05, 3.63) is 43.0 Å². The van der Waals surface area contributed by atoms with Crippen molar-refractivity contribution in [3.8, 4) is 0 Å². The molecule has 2 atom stereocenters. The summed E-state index contributed by atoms with van der Waals surface area (Å²) in [5.41, 5.74) is 0.812. The van der Waals surface area contributed by atoms with Crippen molar-refractivity contribution in [2.75, 3.05) is 5.32 Å². The predicted molar refractivity (Wildman–Crippen MR) is 67.3 cm³/mol. The minimum absolute atomic E-state index is 0.0418. The van der Waals surface area contributed by atoms with Crippen LogP contribution in [0.3, 0.4) is 0 Å². The van der Waals surface area contributed by atoms with Crippen LogP contribution in [-0.2, 0) is 4.79 Å². The molecule has 0 fully saturated rings. The van der Waals surface area contributed by atoms with Crippen LogP contribution in [0.4, 0.5) is 5.69 Å². The summed E-state index contributed by atoms with van der Waals surface area (Å²) in [6.45, 7) is 7.45. The molecule has 1 amide bonds. The van der Waals surface area contributed by atoms with E-state index >= 15 is 0 Å². The Bertz CT molecular complexity index is 348. The van der Waals surface area contributed by atoms with Gasteiger partial charge < -0.3 is 10.6 Å². The first-order valence-electron chi connectivity index (χ1n) is 5.38. The minimum atomic E-state index is -0.242. The number of anilines is 1. The monoisotopic (exact) mass is 218 g/mol. The molecule has 2 unspecified atom stereocenters. The van der Waals surface area contributed by atoms with E-state index in [-0.39, 0.29) is 18.0 Å². The highest BCUT2D eigenvalue weighted by Crippen LogP contribution is 2.05. The first-order valence-corrected chi connectivity index (χ1v) is 5.38. The Morgan fingerprint density at radius 2 is 1.94 bits per heavy atom. The van der Waals surface area contributed by atoms with E-state index in [9.17, 15) is 4.79 Å². The fraction of sp³-hybridized carbons (Fsp3) is 0.308. The number of para-hydroxylation sites is 1. The van der Waals surface area contributed by atoms with Gasteiger partial charge in [0, 0.05) is 11.7 Å². The highest BCUT2D eigenvalue weighted by atomic mass is 16.2. The van der Waals surface area contributed by atoms with Crippen LogP contribution in [0.1, 0.15) is 13.8 Å². The lowest BCUT2D eigenvalue weighted by molar-refractivity contribution is -0.117. The van der Waals surface area contributed by atoms with Crippen LogP contribution in [-0.4, -0.2) is 18.0 Å². The van der Waals surface area contributed by atoms with Gasteiger partial charge in [-0.2, -0.15) is 0 Å². The van der Waals surface area contributed by atoms with Gasteiger partial charge >= 0.3 is 0 Å². The molecule has 3 nitrogen and oxygen atoms in total. The molecule has 3 heteroatoms. The Hall–Kier alpha value is -1.61. The third kappa shape index (κ3) is 3.87. The molecule has 0 radical (unpaired) electrons. The zero-order chi connectivity index (χ0) is 12.0. The molecular weight excluding hydrogens is 200 g/mol. The normalized spacial score (nSPS) is 13.9. The molecule has 0 saturated heterocycles. The third-order valence-corrected chi connectivity index (χ3v) is 2.30. The molecule has 0 spiro atoms. The molecule has 0 aliphatic rings. The maximum absolute atomic E-state index is 11.8. The highest BCUT2D eigenvalue weighted by molar-refractivity contribution is 5.94. The van der Waals surface area contributed by atoms with Gasteiger partial charge in [0.1, 0.15) is 0 Å². The lowest BCUT2D eigenvalue weighted by Crippen LogP contribution is -2.41. The van der Waals surface area contributed by atoms with E-state index in [1.165, 1.54) is 0 Å². The predicted octanol–water partition coefficient (Wildman–Crippen LogP) is 2.18. The smallest absolute Gasteiger partial charge is 0.241 e. The Morgan fingerprint density at radius 3 is 2.50 bits per heavy atom. The summed E-state index contributed by atoms with van der Waals surface area (Å²) < 4.78 is 0. The van der Waals surface area contributed by atoms with Gasteiger partial charge in [-0.3, -0.25) is 4.79 Å². The summed E-state index contributed by atoms with van der Waals surface area (Å²) in [6.07, 6.45) is 1.77. The number of carbonyl (C=O) groups is 1. The molecule has 0 aliphatic heterocycles. The van der Waals surface area contributed by atoms with E-state index < -0.39 is 0 Å². The third-order valence-electron chi connectivity index (χ3n) is 2.30. The van der Waals surface area contributed by atoms with Gasteiger partial charge in [0.25, 0.3) is 0 Å². The second kappa shape index (κ2) is 6.08. The van der Waals surface area contributed by atoms with E-state index in [4.69, 9.17) is 0 Å². The lowest BCUT2D eigenvalue weighted by atomic mass is 10.2. The molecule has 0 heterocycles. The van der Waals surface area contributed by atoms with Crippen LogP contribution in [0.25, 0.3) is 0 Å². The summed E-state index contributed by atoms with van der Waals surface area (Å²) in [7, 11) is 0. The summed E-state index contributed by atoms with van der Waals surface area (Å²) in [6, 6.07) is 9.30. The van der Waals surface area contributed by atoms with Crippen LogP contribution >= 0.6 is 0 Å². The SMILES string of the molecule is C=CC(C)NC(C)C(=O)Nc1ccccc1. The number of hydrogen-bond acceptors (Lipinski definition) is 2. The number of rotatable bonds is 5. The van der Waals surface area contributed by atoms with Crippen molar-refractivity contribution in [3.63, 3.8) is 0 Å². The molecule has 0 bridgehead atoms. The Morgan fingerprint density at radius 1 is 1.31 bits per heavy atom. The summed E-state index contributed by atoms with van der Waals surface area (Å²) in [4.78, 5) is 11.8. The maximum Gasteiger partial charge on any atom is 0.241 e. The second-order valence-electron chi connectivity index (χ2n) is 3.77. The van der Waals surface area contributed by atoms with E-state index in [1.54, 1.807) is 6.08 Å². The Balaban J connectivity index is 2.49. The largest absolute Gasteiger partial charge is 0.325 e. The van der Waals surface area contributed by atoms with E-state index in [0.717, 1.165) is 5.69 Å². The van der Waals surface area contributed by atoms with Crippen molar-refractivity contribution in [2.45, 2.75) is 25.9 Å². The van der Waals surface area contributed by atoms with Gasteiger partial charge in [-0.25, -0.2) is 0 Å². The first-order chi connectivity index (χ1) is 7.63. The molecule has 86 valence electrons. The van der Waals surface area contributed by atoms with Crippen molar-refractivity contribution in [2.24, 2.45) is 0 Å². The molecule has 0 aromatic heterocycles. The number of carbonyl (C=O) groups excluding carboxylic acids is 1. The van der Waals surface area contributed by atoms with Gasteiger partial charge in [-0.1, -0.05) is 24.3 Å². The van der Waals surface area contributed by atoms with Crippen molar-refractivity contribution in [1.82, 2.24) is 5.32 Å². The number of benzene rings is 1. The van der Waals surface area contributed by atoms with Gasteiger partial charge in [0.2, 0.25) is 5.91 Å². The van der Waals surface area contributed by atoms with Gasteiger partial charge in [-0.05, 0) is 26.0 Å². The Labute approximate surface area is 96.6 Å². The van der Waals surface area contributed by atoms with Crippen LogP contribution in [0.15, 0.2) is 43.0 Å². The molecular formula is C13H18N2O. The average molecular weight is 218 g/mol. The van der Waals surface area contributed by atoms with Crippen molar-refractivity contribution < 1.29 is 4.79 Å². The van der Waals surface area contributed by atoms with Crippen LogP contribution in [0.5, 0.6) is 0 Å². The molecule has 1 rings (SSSR count). The van der Waals surface area contributed by atoms with Crippen LogP contribution in [0.2, 0.25) is 0 Å². The zero-order valence-corrected chi connectivity index (χ0v) is 9.73. The van der Waals surface area contributed by atoms with Crippen molar-refractivity contribution >= 4 is 11.6 Å². The fourth-order valence-electron chi connectivity index (χ4n) is 1.31. The zero-order valence-electron chi connectivity index (χ0n) is 9.73. The average Bonchev–Trinajstić information content (AvgIpc) is 2.30. The van der Waals surface area contributed by atoms with Crippen molar-refractivity contribution in [1.29, 1.82) is 0 Å². The van der Waals surface area contributed by atoms with E-state index in [0.29, 0.717) is 0 Å². The van der Waals surface area contributed by atoms with Gasteiger partial charge in [0.15, 0.2) is 0 Å². The molecule has 16 heavy (non-hydrogen) atoms. The second-order valence-corrected chi connectivity index (χ2v) is 3.77. The topological polar surface area (TPSA) is 41.1 Å². The summed E-state index contributed by atoms with van der Waals surface area (Å²) in [5, 5.41) is 5.95.